The molecule has 0 spiro atoms. The quantitative estimate of drug-likeness (QED) is 0.652. The number of carbonyl (C=O) groups is 1. The zero-order valence-electron chi connectivity index (χ0n) is 11.0. The number of carbonyl (C=O) groups excluding carboxylic acids is 1. The Morgan fingerprint density at radius 3 is 2.65 bits per heavy atom. The molecule has 4 nitrogen and oxygen atoms in total. The van der Waals surface area contributed by atoms with Crippen molar-refractivity contribution in [2.24, 2.45) is 5.92 Å². The van der Waals surface area contributed by atoms with E-state index < -0.39 is 6.10 Å². The summed E-state index contributed by atoms with van der Waals surface area (Å²) in [5.41, 5.74) is 0. The molecule has 1 rings (SSSR count). The normalized spacial score (nSPS) is 22.5. The lowest BCUT2D eigenvalue weighted by molar-refractivity contribution is -0.124. The van der Waals surface area contributed by atoms with E-state index in [0.29, 0.717) is 6.54 Å². The highest BCUT2D eigenvalue weighted by molar-refractivity contribution is 5.81. The second kappa shape index (κ2) is 7.67. The Hall–Kier alpha value is -0.610. The monoisotopic (exact) mass is 242 g/mol. The molecule has 1 unspecified atom stereocenters. The minimum atomic E-state index is -0.419. The minimum Gasteiger partial charge on any atom is -0.391 e. The molecule has 2 atom stereocenters. The number of aliphatic hydroxyl groups is 1. The lowest BCUT2D eigenvalue weighted by Gasteiger charge is -2.25. The highest BCUT2D eigenvalue weighted by Gasteiger charge is 2.22. The molecule has 100 valence electrons. The van der Waals surface area contributed by atoms with E-state index in [1.165, 1.54) is 0 Å². The van der Waals surface area contributed by atoms with Crippen molar-refractivity contribution in [3.05, 3.63) is 0 Å². The second-order valence-electron chi connectivity index (χ2n) is 4.89. The van der Waals surface area contributed by atoms with Gasteiger partial charge in [0.2, 0.25) is 5.91 Å². The van der Waals surface area contributed by atoms with Crippen LogP contribution in [-0.2, 0) is 4.79 Å². The fourth-order valence-electron chi connectivity index (χ4n) is 2.40. The average Bonchev–Trinajstić information content (AvgIpc) is 2.38. The zero-order valence-corrected chi connectivity index (χ0v) is 11.0. The molecule has 3 N–H and O–H groups in total. The van der Waals surface area contributed by atoms with E-state index in [4.69, 9.17) is 0 Å². The van der Waals surface area contributed by atoms with Gasteiger partial charge < -0.3 is 15.7 Å². The minimum absolute atomic E-state index is 0.0368. The van der Waals surface area contributed by atoms with Crippen molar-refractivity contribution in [1.82, 2.24) is 10.6 Å². The standard InChI is InChI=1S/C13H26N2O2/c1-3-10(4-2)12(16)9-15-13(17)11-7-5-6-8-14-11/h10-12,14,16H,3-9H2,1-2H3,(H,15,17)/t11-,12?/m0/s1. The van der Waals surface area contributed by atoms with Gasteiger partial charge in [-0.15, -0.1) is 0 Å². The maximum atomic E-state index is 11.8. The molecule has 0 saturated carbocycles. The van der Waals surface area contributed by atoms with Crippen LogP contribution in [-0.4, -0.2) is 36.2 Å². The first-order chi connectivity index (χ1) is 8.19. The summed E-state index contributed by atoms with van der Waals surface area (Å²) in [5.74, 6) is 0.323. The number of hydrogen-bond donors (Lipinski definition) is 3. The first kappa shape index (κ1) is 14.5. The van der Waals surface area contributed by atoms with E-state index in [1.54, 1.807) is 0 Å². The van der Waals surface area contributed by atoms with Crippen molar-refractivity contribution < 1.29 is 9.90 Å². The molecule has 0 radical (unpaired) electrons. The SMILES string of the molecule is CCC(CC)C(O)CNC(=O)[C@@H]1CCCCN1. The van der Waals surface area contributed by atoms with Crippen LogP contribution in [0.15, 0.2) is 0 Å². The van der Waals surface area contributed by atoms with Gasteiger partial charge >= 0.3 is 0 Å². The molecule has 1 aliphatic rings. The van der Waals surface area contributed by atoms with Crippen LogP contribution in [0.4, 0.5) is 0 Å². The van der Waals surface area contributed by atoms with Gasteiger partial charge in [0.15, 0.2) is 0 Å². The van der Waals surface area contributed by atoms with Crippen LogP contribution in [0.2, 0.25) is 0 Å². The molecule has 0 aromatic heterocycles. The fourth-order valence-corrected chi connectivity index (χ4v) is 2.40. The maximum Gasteiger partial charge on any atom is 0.237 e. The first-order valence-corrected chi connectivity index (χ1v) is 6.88. The number of rotatable bonds is 6. The van der Waals surface area contributed by atoms with Crippen LogP contribution in [0.25, 0.3) is 0 Å². The molecule has 0 aliphatic carbocycles. The van der Waals surface area contributed by atoms with Gasteiger partial charge in [0, 0.05) is 6.54 Å². The van der Waals surface area contributed by atoms with Crippen molar-refractivity contribution in [1.29, 1.82) is 0 Å². The molecular formula is C13H26N2O2. The van der Waals surface area contributed by atoms with Crippen molar-refractivity contribution in [3.63, 3.8) is 0 Å². The number of aliphatic hydroxyl groups excluding tert-OH is 1. The third-order valence-electron chi connectivity index (χ3n) is 3.71. The van der Waals surface area contributed by atoms with E-state index in [1.807, 2.05) is 0 Å². The summed E-state index contributed by atoms with van der Waals surface area (Å²) in [6, 6.07) is -0.0577. The Morgan fingerprint density at radius 2 is 2.12 bits per heavy atom. The first-order valence-electron chi connectivity index (χ1n) is 6.88. The fraction of sp³-hybridized carbons (Fsp3) is 0.923. The van der Waals surface area contributed by atoms with E-state index in [-0.39, 0.29) is 17.9 Å². The van der Waals surface area contributed by atoms with Gasteiger partial charge in [0.25, 0.3) is 0 Å². The summed E-state index contributed by atoms with van der Waals surface area (Å²) in [6.07, 6.45) is 4.66. The molecule has 17 heavy (non-hydrogen) atoms. The van der Waals surface area contributed by atoms with Gasteiger partial charge in [0.05, 0.1) is 12.1 Å². The van der Waals surface area contributed by atoms with Crippen LogP contribution < -0.4 is 10.6 Å². The molecule has 1 heterocycles. The summed E-state index contributed by atoms with van der Waals surface area (Å²) in [6.45, 7) is 5.44. The smallest absolute Gasteiger partial charge is 0.237 e. The van der Waals surface area contributed by atoms with E-state index in [2.05, 4.69) is 24.5 Å². The van der Waals surface area contributed by atoms with E-state index in [0.717, 1.165) is 38.6 Å². The third kappa shape index (κ3) is 4.64. The van der Waals surface area contributed by atoms with Crippen LogP contribution in [0.1, 0.15) is 46.0 Å². The van der Waals surface area contributed by atoms with E-state index in [9.17, 15) is 9.90 Å². The molecule has 1 fully saturated rings. The second-order valence-corrected chi connectivity index (χ2v) is 4.89. The van der Waals surface area contributed by atoms with Gasteiger partial charge in [-0.2, -0.15) is 0 Å². The predicted octanol–water partition coefficient (Wildman–Crippen LogP) is 1.04. The largest absolute Gasteiger partial charge is 0.391 e. The van der Waals surface area contributed by atoms with Crippen molar-refractivity contribution in [3.8, 4) is 0 Å². The predicted molar refractivity (Wildman–Crippen MR) is 68.7 cm³/mol. The Morgan fingerprint density at radius 1 is 1.41 bits per heavy atom. The lowest BCUT2D eigenvalue weighted by Crippen LogP contribution is -2.48. The van der Waals surface area contributed by atoms with Crippen molar-refractivity contribution in [2.75, 3.05) is 13.1 Å². The van der Waals surface area contributed by atoms with Crippen LogP contribution >= 0.6 is 0 Å². The van der Waals surface area contributed by atoms with Crippen LogP contribution in [0.3, 0.4) is 0 Å². The highest BCUT2D eigenvalue weighted by Crippen LogP contribution is 2.12. The number of amides is 1. The summed E-state index contributed by atoms with van der Waals surface area (Å²) in [5, 5.41) is 16.0. The van der Waals surface area contributed by atoms with Gasteiger partial charge in [0.1, 0.15) is 0 Å². The topological polar surface area (TPSA) is 61.4 Å². The Kier molecular flexibility index (Phi) is 6.52. The van der Waals surface area contributed by atoms with Gasteiger partial charge in [-0.1, -0.05) is 33.1 Å². The van der Waals surface area contributed by atoms with Gasteiger partial charge in [-0.05, 0) is 25.3 Å². The molecule has 1 amide bonds. The average molecular weight is 242 g/mol. The van der Waals surface area contributed by atoms with Crippen molar-refractivity contribution in [2.45, 2.75) is 58.1 Å². The Bertz CT molecular complexity index is 223. The third-order valence-corrected chi connectivity index (χ3v) is 3.71. The summed E-state index contributed by atoms with van der Waals surface area (Å²) in [7, 11) is 0. The summed E-state index contributed by atoms with van der Waals surface area (Å²) < 4.78 is 0. The molecule has 0 bridgehead atoms. The molecular weight excluding hydrogens is 216 g/mol. The van der Waals surface area contributed by atoms with Gasteiger partial charge in [-0.3, -0.25) is 4.79 Å². The summed E-state index contributed by atoms with van der Waals surface area (Å²) >= 11 is 0. The highest BCUT2D eigenvalue weighted by atomic mass is 16.3. The van der Waals surface area contributed by atoms with E-state index >= 15 is 0 Å². The number of piperidine rings is 1. The van der Waals surface area contributed by atoms with Crippen LogP contribution in [0, 0.1) is 5.92 Å². The maximum absolute atomic E-state index is 11.8. The zero-order chi connectivity index (χ0) is 12.7. The molecule has 4 heteroatoms. The molecule has 1 aliphatic heterocycles. The van der Waals surface area contributed by atoms with Gasteiger partial charge in [-0.25, -0.2) is 0 Å². The summed E-state index contributed by atoms with van der Waals surface area (Å²) in [4.78, 5) is 11.8. The molecule has 0 aromatic carbocycles. The van der Waals surface area contributed by atoms with Crippen LogP contribution in [0.5, 0.6) is 0 Å². The number of hydrogen-bond acceptors (Lipinski definition) is 3. The molecule has 0 aromatic rings. The Labute approximate surface area is 104 Å². The molecule has 1 saturated heterocycles. The number of nitrogens with one attached hydrogen (secondary N) is 2. The van der Waals surface area contributed by atoms with Crippen molar-refractivity contribution >= 4 is 5.91 Å². The Balaban J connectivity index is 2.26. The lowest BCUT2D eigenvalue weighted by atomic mass is 9.96.